The van der Waals surface area contributed by atoms with Crippen molar-refractivity contribution < 1.29 is 23.8 Å². The van der Waals surface area contributed by atoms with E-state index in [1.54, 1.807) is 24.3 Å². The van der Waals surface area contributed by atoms with Crippen molar-refractivity contribution in [3.63, 3.8) is 0 Å². The van der Waals surface area contributed by atoms with Crippen molar-refractivity contribution in [2.75, 3.05) is 25.1 Å². The topological polar surface area (TPSA) is 78.8 Å². The second-order valence-electron chi connectivity index (χ2n) is 7.29. The fourth-order valence-corrected chi connectivity index (χ4v) is 3.59. The van der Waals surface area contributed by atoms with Gasteiger partial charge in [0.15, 0.2) is 18.1 Å². The molecule has 1 N–H and O–H groups in total. The summed E-state index contributed by atoms with van der Waals surface area (Å²) in [5.41, 5.74) is 3.62. The summed E-state index contributed by atoms with van der Waals surface area (Å²) >= 11 is 0. The molecule has 1 amide bonds. The van der Waals surface area contributed by atoms with Gasteiger partial charge in [-0.25, -0.2) is 4.79 Å². The number of amides is 1. The number of hydrogen-bond acceptors (Lipinski definition) is 5. The first-order valence-corrected chi connectivity index (χ1v) is 10.1. The first kappa shape index (κ1) is 20.5. The Hall–Kier alpha value is -3.74. The van der Waals surface area contributed by atoms with Crippen LogP contribution in [0.15, 0.2) is 54.6 Å². The number of fused-ring (bicyclic) bond motifs is 1. The second kappa shape index (κ2) is 8.95. The van der Waals surface area contributed by atoms with Crippen LogP contribution in [-0.4, -0.2) is 36.3 Å². The van der Waals surface area contributed by atoms with Crippen molar-refractivity contribution in [2.45, 2.75) is 20.3 Å². The zero-order chi connectivity index (χ0) is 21.8. The summed E-state index contributed by atoms with van der Waals surface area (Å²) in [6, 6.07) is 16.7. The highest BCUT2D eigenvalue weighted by atomic mass is 16.5. The molecule has 0 fully saturated rings. The largest absolute Gasteiger partial charge is 0.490 e. The third-order valence-electron chi connectivity index (χ3n) is 5.03. The van der Waals surface area contributed by atoms with E-state index < -0.39 is 11.9 Å². The van der Waals surface area contributed by atoms with E-state index in [0.29, 0.717) is 36.0 Å². The zero-order valence-corrected chi connectivity index (χ0v) is 17.5. The molecule has 0 spiro atoms. The Labute approximate surface area is 180 Å². The SMILES string of the molecule is Cc1cc(C(=O)OCC(=O)Nc2ccc3c(c2)OCCCO3)c(C)n1-c1ccccc1. The number of anilines is 1. The van der Waals surface area contributed by atoms with Gasteiger partial charge in [0.05, 0.1) is 18.8 Å². The molecular formula is C24H24N2O5. The first-order valence-electron chi connectivity index (χ1n) is 10.1. The van der Waals surface area contributed by atoms with Gasteiger partial charge in [0.25, 0.3) is 5.91 Å². The lowest BCUT2D eigenvalue weighted by Gasteiger charge is -2.11. The Morgan fingerprint density at radius 1 is 1.00 bits per heavy atom. The molecule has 2 heterocycles. The average Bonchev–Trinajstić information content (AvgIpc) is 2.92. The first-order chi connectivity index (χ1) is 15.0. The Balaban J connectivity index is 1.39. The normalized spacial score (nSPS) is 12.7. The van der Waals surface area contributed by atoms with Crippen molar-refractivity contribution in [2.24, 2.45) is 0 Å². The summed E-state index contributed by atoms with van der Waals surface area (Å²) in [6.07, 6.45) is 0.803. The molecule has 7 heteroatoms. The van der Waals surface area contributed by atoms with Crippen LogP contribution in [0.25, 0.3) is 5.69 Å². The third kappa shape index (κ3) is 4.55. The third-order valence-corrected chi connectivity index (χ3v) is 5.03. The van der Waals surface area contributed by atoms with Gasteiger partial charge >= 0.3 is 5.97 Å². The predicted molar refractivity (Wildman–Crippen MR) is 116 cm³/mol. The Bertz CT molecular complexity index is 1100. The van der Waals surface area contributed by atoms with Gasteiger partial charge in [-0.2, -0.15) is 0 Å². The molecule has 1 aliphatic rings. The number of hydrogen-bond donors (Lipinski definition) is 1. The molecule has 0 bridgehead atoms. The number of nitrogens with one attached hydrogen (secondary N) is 1. The fourth-order valence-electron chi connectivity index (χ4n) is 3.59. The molecule has 1 aromatic heterocycles. The fraction of sp³-hybridized carbons (Fsp3) is 0.250. The highest BCUT2D eigenvalue weighted by Gasteiger charge is 2.19. The maximum Gasteiger partial charge on any atom is 0.340 e. The smallest absolute Gasteiger partial charge is 0.340 e. The van der Waals surface area contributed by atoms with Crippen LogP contribution in [0.5, 0.6) is 11.5 Å². The maximum atomic E-state index is 12.6. The average molecular weight is 420 g/mol. The summed E-state index contributed by atoms with van der Waals surface area (Å²) in [5, 5.41) is 2.72. The maximum absolute atomic E-state index is 12.6. The number of ether oxygens (including phenoxy) is 3. The number of carbonyl (C=O) groups excluding carboxylic acids is 2. The van der Waals surface area contributed by atoms with Crippen LogP contribution >= 0.6 is 0 Å². The minimum atomic E-state index is -0.538. The molecule has 7 nitrogen and oxygen atoms in total. The van der Waals surface area contributed by atoms with E-state index in [-0.39, 0.29) is 6.61 Å². The molecule has 2 aromatic carbocycles. The van der Waals surface area contributed by atoms with Gasteiger partial charge in [-0.3, -0.25) is 4.79 Å². The summed E-state index contributed by atoms with van der Waals surface area (Å²) in [6.45, 7) is 4.55. The molecular weight excluding hydrogens is 396 g/mol. The molecule has 4 rings (SSSR count). The van der Waals surface area contributed by atoms with Crippen LogP contribution in [0.3, 0.4) is 0 Å². The molecule has 0 atom stereocenters. The number of aryl methyl sites for hydroxylation is 1. The lowest BCUT2D eigenvalue weighted by Crippen LogP contribution is -2.21. The summed E-state index contributed by atoms with van der Waals surface area (Å²) in [7, 11) is 0. The molecule has 3 aromatic rings. The van der Waals surface area contributed by atoms with E-state index >= 15 is 0 Å². The van der Waals surface area contributed by atoms with Crippen LogP contribution in [0.1, 0.15) is 28.2 Å². The van der Waals surface area contributed by atoms with Gasteiger partial charge < -0.3 is 24.1 Å². The summed E-state index contributed by atoms with van der Waals surface area (Å²) in [4.78, 5) is 24.9. The number of rotatable bonds is 5. The van der Waals surface area contributed by atoms with Crippen molar-refractivity contribution >= 4 is 17.6 Å². The van der Waals surface area contributed by atoms with E-state index in [0.717, 1.165) is 23.5 Å². The summed E-state index contributed by atoms with van der Waals surface area (Å²) < 4.78 is 18.4. The molecule has 31 heavy (non-hydrogen) atoms. The molecule has 0 aliphatic carbocycles. The van der Waals surface area contributed by atoms with Gasteiger partial charge in [0, 0.05) is 35.2 Å². The molecule has 0 saturated heterocycles. The van der Waals surface area contributed by atoms with Gasteiger partial charge in [-0.05, 0) is 44.2 Å². The zero-order valence-electron chi connectivity index (χ0n) is 17.5. The van der Waals surface area contributed by atoms with Crippen molar-refractivity contribution in [1.29, 1.82) is 0 Å². The number of esters is 1. The highest BCUT2D eigenvalue weighted by Crippen LogP contribution is 2.32. The van der Waals surface area contributed by atoms with Gasteiger partial charge in [-0.15, -0.1) is 0 Å². The van der Waals surface area contributed by atoms with E-state index in [1.165, 1.54) is 0 Å². The quantitative estimate of drug-likeness (QED) is 0.630. The van der Waals surface area contributed by atoms with E-state index in [1.807, 2.05) is 48.7 Å². The van der Waals surface area contributed by atoms with Gasteiger partial charge in [0.1, 0.15) is 0 Å². The Morgan fingerprint density at radius 3 is 2.52 bits per heavy atom. The van der Waals surface area contributed by atoms with Crippen molar-refractivity contribution in [1.82, 2.24) is 4.57 Å². The number of nitrogens with zero attached hydrogens (tertiary/aromatic N) is 1. The second-order valence-corrected chi connectivity index (χ2v) is 7.29. The van der Waals surface area contributed by atoms with Crippen molar-refractivity contribution in [3.05, 3.63) is 71.5 Å². The van der Waals surface area contributed by atoms with Crippen LogP contribution in [0.2, 0.25) is 0 Å². The number of aromatic nitrogens is 1. The number of para-hydroxylation sites is 1. The van der Waals surface area contributed by atoms with Gasteiger partial charge in [0.2, 0.25) is 0 Å². The predicted octanol–water partition coefficient (Wildman–Crippen LogP) is 4.05. The van der Waals surface area contributed by atoms with E-state index in [2.05, 4.69) is 5.32 Å². The monoisotopic (exact) mass is 420 g/mol. The minimum absolute atomic E-state index is 0.387. The van der Waals surface area contributed by atoms with Crippen LogP contribution in [0.4, 0.5) is 5.69 Å². The standard InChI is InChI=1S/C24H24N2O5/c1-16-13-20(17(2)26(16)19-7-4-3-5-8-19)24(28)31-15-23(27)25-18-9-10-21-22(14-18)30-12-6-11-29-21/h3-5,7-10,13-14H,6,11-12,15H2,1-2H3,(H,25,27). The number of carbonyl (C=O) groups is 2. The Kier molecular flexibility index (Phi) is 5.93. The lowest BCUT2D eigenvalue weighted by atomic mass is 10.2. The molecule has 0 unspecified atom stereocenters. The highest BCUT2D eigenvalue weighted by molar-refractivity contribution is 5.96. The molecule has 0 saturated carbocycles. The Morgan fingerprint density at radius 2 is 1.74 bits per heavy atom. The van der Waals surface area contributed by atoms with Crippen LogP contribution in [0, 0.1) is 13.8 Å². The lowest BCUT2D eigenvalue weighted by molar-refractivity contribution is -0.119. The molecule has 160 valence electrons. The minimum Gasteiger partial charge on any atom is -0.490 e. The van der Waals surface area contributed by atoms with E-state index in [9.17, 15) is 9.59 Å². The molecule has 0 radical (unpaired) electrons. The van der Waals surface area contributed by atoms with Crippen LogP contribution < -0.4 is 14.8 Å². The van der Waals surface area contributed by atoms with E-state index in [4.69, 9.17) is 14.2 Å². The van der Waals surface area contributed by atoms with Crippen LogP contribution in [-0.2, 0) is 9.53 Å². The summed E-state index contributed by atoms with van der Waals surface area (Å²) in [5.74, 6) is 0.264. The van der Waals surface area contributed by atoms with Gasteiger partial charge in [-0.1, -0.05) is 18.2 Å². The number of benzene rings is 2. The molecule has 1 aliphatic heterocycles. The van der Waals surface area contributed by atoms with Crippen molar-refractivity contribution in [3.8, 4) is 17.2 Å².